The second kappa shape index (κ2) is 6.24. The number of nitrogens with zero attached hydrogens (tertiary/aromatic N) is 1. The minimum absolute atomic E-state index is 0.0177. The molecule has 2 aliphatic heterocycles. The summed E-state index contributed by atoms with van der Waals surface area (Å²) in [5.41, 5.74) is 0. The topological polar surface area (TPSA) is 51.9 Å². The van der Waals surface area contributed by atoms with Gasteiger partial charge in [-0.05, 0) is 31.1 Å². The van der Waals surface area contributed by atoms with Crippen molar-refractivity contribution in [3.05, 3.63) is 30.2 Å². The highest BCUT2D eigenvalue weighted by Crippen LogP contribution is 2.25. The lowest BCUT2D eigenvalue weighted by Gasteiger charge is -2.34. The lowest BCUT2D eigenvalue weighted by atomic mass is 9.97. The first-order valence-corrected chi connectivity index (χ1v) is 7.06. The number of carbonyl (C=O) groups is 1. The standard InChI is InChI=1S/C15H19NO4/c17-14(6-5-13-4-2-8-18-13)16-7-1-3-12(11-16)15-19-9-10-20-15/h2,4-6,8,12,15H,1,3,7,9-11H2/b6-5+. The molecule has 1 amide bonds. The zero-order valence-corrected chi connectivity index (χ0v) is 11.4. The molecule has 5 heteroatoms. The van der Waals surface area contributed by atoms with E-state index >= 15 is 0 Å². The minimum Gasteiger partial charge on any atom is -0.465 e. The molecular formula is C15H19NO4. The first-order chi connectivity index (χ1) is 9.83. The van der Waals surface area contributed by atoms with Gasteiger partial charge in [-0.1, -0.05) is 0 Å². The average molecular weight is 277 g/mol. The Labute approximate surface area is 118 Å². The largest absolute Gasteiger partial charge is 0.465 e. The van der Waals surface area contributed by atoms with E-state index in [1.54, 1.807) is 24.5 Å². The number of ether oxygens (including phenoxy) is 2. The van der Waals surface area contributed by atoms with Crippen LogP contribution in [-0.4, -0.2) is 43.4 Å². The van der Waals surface area contributed by atoms with Gasteiger partial charge in [0, 0.05) is 25.1 Å². The van der Waals surface area contributed by atoms with Crippen LogP contribution in [0.15, 0.2) is 28.9 Å². The molecule has 0 radical (unpaired) electrons. The molecule has 1 atom stereocenters. The summed E-state index contributed by atoms with van der Waals surface area (Å²) in [6.07, 6.45) is 6.77. The fourth-order valence-electron chi connectivity index (χ4n) is 2.73. The average Bonchev–Trinajstić information content (AvgIpc) is 3.18. The third kappa shape index (κ3) is 3.11. The van der Waals surface area contributed by atoms with Crippen LogP contribution in [0, 0.1) is 5.92 Å². The Morgan fingerprint density at radius 1 is 1.35 bits per heavy atom. The van der Waals surface area contributed by atoms with Crippen molar-refractivity contribution in [3.63, 3.8) is 0 Å². The molecule has 108 valence electrons. The van der Waals surface area contributed by atoms with Gasteiger partial charge in [0.25, 0.3) is 0 Å². The maximum Gasteiger partial charge on any atom is 0.246 e. The van der Waals surface area contributed by atoms with E-state index in [0.717, 1.165) is 19.4 Å². The quantitative estimate of drug-likeness (QED) is 0.792. The summed E-state index contributed by atoms with van der Waals surface area (Å²) in [6.45, 7) is 2.82. The van der Waals surface area contributed by atoms with Gasteiger partial charge in [-0.25, -0.2) is 0 Å². The van der Waals surface area contributed by atoms with Gasteiger partial charge in [-0.2, -0.15) is 0 Å². The summed E-state index contributed by atoms with van der Waals surface area (Å²) in [5.74, 6) is 0.991. The first-order valence-electron chi connectivity index (χ1n) is 7.06. The zero-order valence-electron chi connectivity index (χ0n) is 11.4. The van der Waals surface area contributed by atoms with E-state index in [2.05, 4.69) is 0 Å². The molecule has 20 heavy (non-hydrogen) atoms. The predicted molar refractivity (Wildman–Crippen MR) is 72.7 cm³/mol. The third-order valence-electron chi connectivity index (χ3n) is 3.74. The fourth-order valence-corrected chi connectivity index (χ4v) is 2.73. The molecule has 0 aromatic carbocycles. The van der Waals surface area contributed by atoms with Crippen molar-refractivity contribution in [2.75, 3.05) is 26.3 Å². The molecule has 0 N–H and O–H groups in total. The van der Waals surface area contributed by atoms with E-state index in [4.69, 9.17) is 13.9 Å². The van der Waals surface area contributed by atoms with Gasteiger partial charge in [-0.3, -0.25) is 4.79 Å². The van der Waals surface area contributed by atoms with E-state index < -0.39 is 0 Å². The molecule has 5 nitrogen and oxygen atoms in total. The summed E-state index contributed by atoms with van der Waals surface area (Å²) in [6, 6.07) is 3.62. The van der Waals surface area contributed by atoms with Gasteiger partial charge in [0.05, 0.1) is 19.5 Å². The van der Waals surface area contributed by atoms with E-state index in [1.807, 2.05) is 11.0 Å². The number of carbonyl (C=O) groups excluding carboxylic acids is 1. The third-order valence-corrected chi connectivity index (χ3v) is 3.74. The highest BCUT2D eigenvalue weighted by Gasteiger charge is 2.32. The monoisotopic (exact) mass is 277 g/mol. The predicted octanol–water partition coefficient (Wildman–Crippen LogP) is 1.90. The Morgan fingerprint density at radius 3 is 2.95 bits per heavy atom. The Hall–Kier alpha value is -1.59. The maximum atomic E-state index is 12.2. The SMILES string of the molecule is O=C(/C=C/c1ccco1)N1CCCC(C2OCCO2)C1. The first kappa shape index (κ1) is 13.4. The summed E-state index contributed by atoms with van der Waals surface area (Å²) < 4.78 is 16.3. The number of likely N-dealkylation sites (tertiary alicyclic amines) is 1. The fraction of sp³-hybridized carbons (Fsp3) is 0.533. The Kier molecular flexibility index (Phi) is 4.18. The van der Waals surface area contributed by atoms with E-state index in [1.165, 1.54) is 0 Å². The molecule has 2 saturated heterocycles. The van der Waals surface area contributed by atoms with Gasteiger partial charge >= 0.3 is 0 Å². The van der Waals surface area contributed by atoms with Crippen LogP contribution in [0.1, 0.15) is 18.6 Å². The van der Waals surface area contributed by atoms with Crippen molar-refractivity contribution < 1.29 is 18.7 Å². The number of rotatable bonds is 3. The van der Waals surface area contributed by atoms with Crippen LogP contribution in [0.25, 0.3) is 6.08 Å². The molecule has 1 aromatic rings. The van der Waals surface area contributed by atoms with Gasteiger partial charge in [0.15, 0.2) is 6.29 Å². The van der Waals surface area contributed by atoms with Crippen molar-refractivity contribution in [1.82, 2.24) is 4.90 Å². The summed E-state index contributed by atoms with van der Waals surface area (Å²) in [7, 11) is 0. The molecule has 0 aliphatic carbocycles. The summed E-state index contributed by atoms with van der Waals surface area (Å²) in [5, 5.41) is 0. The number of amides is 1. The molecule has 0 saturated carbocycles. The smallest absolute Gasteiger partial charge is 0.246 e. The van der Waals surface area contributed by atoms with Crippen molar-refractivity contribution in [2.24, 2.45) is 5.92 Å². The van der Waals surface area contributed by atoms with Crippen LogP contribution in [-0.2, 0) is 14.3 Å². The second-order valence-corrected chi connectivity index (χ2v) is 5.15. The zero-order chi connectivity index (χ0) is 13.8. The highest BCUT2D eigenvalue weighted by atomic mass is 16.7. The Bertz CT molecular complexity index is 462. The van der Waals surface area contributed by atoms with Crippen molar-refractivity contribution in [3.8, 4) is 0 Å². The van der Waals surface area contributed by atoms with Crippen LogP contribution in [0.3, 0.4) is 0 Å². The molecule has 0 bridgehead atoms. The number of hydrogen-bond acceptors (Lipinski definition) is 4. The molecule has 2 fully saturated rings. The van der Waals surface area contributed by atoms with Gasteiger partial charge < -0.3 is 18.8 Å². The number of hydrogen-bond donors (Lipinski definition) is 0. The summed E-state index contributed by atoms with van der Waals surface area (Å²) in [4.78, 5) is 14.0. The molecular weight excluding hydrogens is 258 g/mol. The van der Waals surface area contributed by atoms with Crippen LogP contribution < -0.4 is 0 Å². The lowest BCUT2D eigenvalue weighted by Crippen LogP contribution is -2.43. The molecule has 1 unspecified atom stereocenters. The Balaban J connectivity index is 1.57. The normalized spacial score (nSPS) is 24.6. The van der Waals surface area contributed by atoms with Crippen LogP contribution >= 0.6 is 0 Å². The minimum atomic E-state index is -0.139. The van der Waals surface area contributed by atoms with Crippen molar-refractivity contribution in [2.45, 2.75) is 19.1 Å². The second-order valence-electron chi connectivity index (χ2n) is 5.15. The molecule has 2 aliphatic rings. The summed E-state index contributed by atoms with van der Waals surface area (Å²) >= 11 is 0. The van der Waals surface area contributed by atoms with E-state index in [9.17, 15) is 4.79 Å². The molecule has 3 rings (SSSR count). The lowest BCUT2D eigenvalue weighted by molar-refractivity contribution is -0.134. The van der Waals surface area contributed by atoms with Crippen LogP contribution in [0.5, 0.6) is 0 Å². The maximum absolute atomic E-state index is 12.2. The van der Waals surface area contributed by atoms with Crippen LogP contribution in [0.4, 0.5) is 0 Å². The van der Waals surface area contributed by atoms with Crippen molar-refractivity contribution in [1.29, 1.82) is 0 Å². The molecule has 1 aromatic heterocycles. The van der Waals surface area contributed by atoms with Crippen LogP contribution in [0.2, 0.25) is 0 Å². The van der Waals surface area contributed by atoms with E-state index in [0.29, 0.717) is 25.5 Å². The van der Waals surface area contributed by atoms with E-state index in [-0.39, 0.29) is 18.1 Å². The molecule has 0 spiro atoms. The number of piperidine rings is 1. The van der Waals surface area contributed by atoms with Gasteiger partial charge in [-0.15, -0.1) is 0 Å². The van der Waals surface area contributed by atoms with Gasteiger partial charge in [0.2, 0.25) is 5.91 Å². The van der Waals surface area contributed by atoms with Gasteiger partial charge in [0.1, 0.15) is 5.76 Å². The highest BCUT2D eigenvalue weighted by molar-refractivity contribution is 5.91. The number of furan rings is 1. The molecule has 3 heterocycles. The Morgan fingerprint density at radius 2 is 2.20 bits per heavy atom. The van der Waals surface area contributed by atoms with Crippen molar-refractivity contribution >= 4 is 12.0 Å².